The highest BCUT2D eigenvalue weighted by molar-refractivity contribution is 7.89. The second kappa shape index (κ2) is 5.70. The molecule has 0 unspecified atom stereocenters. The van der Waals surface area contributed by atoms with Crippen molar-refractivity contribution >= 4 is 27.3 Å². The largest absolute Gasteiger partial charge is 0.337 e. The van der Waals surface area contributed by atoms with E-state index in [0.717, 1.165) is 32.4 Å². The van der Waals surface area contributed by atoms with Gasteiger partial charge in [0.15, 0.2) is 0 Å². The zero-order valence-electron chi connectivity index (χ0n) is 12.7. The molecule has 5 nitrogen and oxygen atoms in total. The van der Waals surface area contributed by atoms with Gasteiger partial charge in [-0.25, -0.2) is 13.6 Å². The molecule has 0 saturated carbocycles. The van der Waals surface area contributed by atoms with Crippen LogP contribution < -0.4 is 5.14 Å². The third kappa shape index (κ3) is 3.14. The van der Waals surface area contributed by atoms with Crippen molar-refractivity contribution in [2.45, 2.75) is 44.9 Å². The van der Waals surface area contributed by atoms with E-state index < -0.39 is 10.0 Å². The lowest BCUT2D eigenvalue weighted by molar-refractivity contribution is 0.0774. The Morgan fingerprint density at radius 2 is 2.05 bits per heavy atom. The number of hydrogen-bond acceptors (Lipinski definition) is 4. The van der Waals surface area contributed by atoms with Crippen molar-refractivity contribution in [1.82, 2.24) is 4.90 Å². The Bertz CT molecular complexity index is 645. The number of thiophene rings is 1. The number of sulfonamides is 1. The van der Waals surface area contributed by atoms with E-state index in [0.29, 0.717) is 9.75 Å². The third-order valence-corrected chi connectivity index (χ3v) is 6.82. The van der Waals surface area contributed by atoms with Gasteiger partial charge in [0.05, 0.1) is 9.77 Å². The van der Waals surface area contributed by atoms with E-state index >= 15 is 0 Å². The smallest absolute Gasteiger partial charge is 0.263 e. The molecule has 0 aromatic carbocycles. The summed E-state index contributed by atoms with van der Waals surface area (Å²) in [5.74, 6) is -0.0817. The quantitative estimate of drug-likeness (QED) is 0.920. The molecule has 1 aliphatic heterocycles. The van der Waals surface area contributed by atoms with Crippen LogP contribution in [0.4, 0.5) is 0 Å². The summed E-state index contributed by atoms with van der Waals surface area (Å²) < 4.78 is 22.9. The van der Waals surface area contributed by atoms with E-state index in [1.165, 1.54) is 17.4 Å². The predicted octanol–water partition coefficient (Wildman–Crippen LogP) is 2.36. The first kappa shape index (κ1) is 16.5. The number of aryl methyl sites for hydroxylation is 1. The van der Waals surface area contributed by atoms with Crippen LogP contribution in [0.2, 0.25) is 0 Å². The maximum Gasteiger partial charge on any atom is 0.263 e. The molecule has 0 radical (unpaired) electrons. The lowest BCUT2D eigenvalue weighted by atomic mass is 9.82. The summed E-state index contributed by atoms with van der Waals surface area (Å²) in [5.41, 5.74) is 0.213. The van der Waals surface area contributed by atoms with Crippen LogP contribution in [-0.2, 0) is 10.0 Å². The summed E-state index contributed by atoms with van der Waals surface area (Å²) >= 11 is 1.20. The van der Waals surface area contributed by atoms with Crippen molar-refractivity contribution in [2.75, 3.05) is 13.1 Å². The van der Waals surface area contributed by atoms with Gasteiger partial charge in [-0.05, 0) is 37.7 Å². The second-order valence-corrected chi connectivity index (χ2v) is 8.55. The molecule has 1 fully saturated rings. The molecular weight excluding hydrogens is 308 g/mol. The van der Waals surface area contributed by atoms with Crippen LogP contribution >= 0.6 is 11.3 Å². The average Bonchev–Trinajstić information content (AvgIpc) is 3.01. The van der Waals surface area contributed by atoms with E-state index in [2.05, 4.69) is 13.8 Å². The van der Waals surface area contributed by atoms with Crippen LogP contribution in [0, 0.1) is 12.3 Å². The molecule has 21 heavy (non-hydrogen) atoms. The lowest BCUT2D eigenvalue weighted by Crippen LogP contribution is -2.31. The summed E-state index contributed by atoms with van der Waals surface area (Å²) in [6.07, 6.45) is 3.12. The number of likely N-dealkylation sites (tertiary alicyclic amines) is 1. The van der Waals surface area contributed by atoms with Gasteiger partial charge in [-0.1, -0.05) is 13.8 Å². The Morgan fingerprint density at radius 3 is 2.48 bits per heavy atom. The summed E-state index contributed by atoms with van der Waals surface area (Å²) in [4.78, 5) is 15.5. The van der Waals surface area contributed by atoms with Crippen LogP contribution in [-0.4, -0.2) is 32.3 Å². The molecule has 118 valence electrons. The molecule has 1 saturated heterocycles. The molecule has 0 spiro atoms. The fraction of sp³-hybridized carbons (Fsp3) is 0.643. The van der Waals surface area contributed by atoms with Crippen LogP contribution in [0.15, 0.2) is 11.0 Å². The molecule has 0 atom stereocenters. The third-order valence-electron chi connectivity index (χ3n) is 4.62. The number of hydrogen-bond donors (Lipinski definition) is 1. The van der Waals surface area contributed by atoms with Crippen molar-refractivity contribution in [3.05, 3.63) is 15.8 Å². The minimum absolute atomic E-state index is 0.0623. The zero-order valence-corrected chi connectivity index (χ0v) is 14.3. The first-order valence-corrected chi connectivity index (χ1v) is 9.51. The molecule has 2 N–H and O–H groups in total. The molecule has 1 amide bonds. The van der Waals surface area contributed by atoms with Gasteiger partial charge in [0.1, 0.15) is 0 Å². The number of carbonyl (C=O) groups excluding carboxylic acids is 1. The molecular formula is C14H22N2O3S2. The van der Waals surface area contributed by atoms with Gasteiger partial charge in [-0.2, -0.15) is 0 Å². The molecule has 2 heterocycles. The number of rotatable bonds is 4. The van der Waals surface area contributed by atoms with Gasteiger partial charge in [-0.3, -0.25) is 4.79 Å². The van der Waals surface area contributed by atoms with Crippen molar-refractivity contribution in [1.29, 1.82) is 0 Å². The summed E-state index contributed by atoms with van der Waals surface area (Å²) in [6, 6.07) is 1.41. The van der Waals surface area contributed by atoms with E-state index in [1.54, 1.807) is 6.92 Å². The Balaban J connectivity index is 2.23. The van der Waals surface area contributed by atoms with Crippen LogP contribution in [0.25, 0.3) is 0 Å². The monoisotopic (exact) mass is 330 g/mol. The van der Waals surface area contributed by atoms with Crippen molar-refractivity contribution in [2.24, 2.45) is 10.6 Å². The molecule has 1 aromatic heterocycles. The zero-order chi connectivity index (χ0) is 15.8. The highest BCUT2D eigenvalue weighted by Gasteiger charge is 2.37. The maximum absolute atomic E-state index is 12.6. The Kier molecular flexibility index (Phi) is 4.46. The Labute approximate surface area is 130 Å². The first-order chi connectivity index (χ1) is 9.72. The minimum atomic E-state index is -3.76. The van der Waals surface area contributed by atoms with E-state index in [1.807, 2.05) is 4.90 Å². The topological polar surface area (TPSA) is 80.5 Å². The highest BCUT2D eigenvalue weighted by Crippen LogP contribution is 2.38. The molecule has 1 aromatic rings. The number of nitrogens with zero attached hydrogens (tertiary/aromatic N) is 1. The van der Waals surface area contributed by atoms with Gasteiger partial charge >= 0.3 is 0 Å². The molecule has 1 aliphatic rings. The van der Waals surface area contributed by atoms with Gasteiger partial charge in [0.25, 0.3) is 5.91 Å². The first-order valence-electron chi connectivity index (χ1n) is 7.15. The van der Waals surface area contributed by atoms with Crippen molar-refractivity contribution < 1.29 is 13.2 Å². The molecule has 0 aliphatic carbocycles. The fourth-order valence-corrected chi connectivity index (χ4v) is 5.06. The number of carbonyl (C=O) groups is 1. The summed E-state index contributed by atoms with van der Waals surface area (Å²) in [6.45, 7) is 7.48. The van der Waals surface area contributed by atoms with Gasteiger partial charge in [0.2, 0.25) is 10.0 Å². The second-order valence-electron chi connectivity index (χ2n) is 5.76. The molecule has 2 rings (SSSR count). The van der Waals surface area contributed by atoms with Gasteiger partial charge in [0, 0.05) is 18.0 Å². The fourth-order valence-electron chi connectivity index (χ4n) is 2.94. The maximum atomic E-state index is 12.6. The van der Waals surface area contributed by atoms with E-state index in [4.69, 9.17) is 5.14 Å². The number of amides is 1. The van der Waals surface area contributed by atoms with E-state index in [-0.39, 0.29) is 16.2 Å². The van der Waals surface area contributed by atoms with Crippen LogP contribution in [0.5, 0.6) is 0 Å². The highest BCUT2D eigenvalue weighted by atomic mass is 32.2. The normalized spacial score (nSPS) is 18.2. The van der Waals surface area contributed by atoms with Crippen LogP contribution in [0.3, 0.4) is 0 Å². The SMILES string of the molecule is CCC1(CC)CCN(C(=O)c2cc(S(N)(=O)=O)c(C)s2)C1. The van der Waals surface area contributed by atoms with Gasteiger partial charge < -0.3 is 4.90 Å². The van der Waals surface area contributed by atoms with E-state index in [9.17, 15) is 13.2 Å². The lowest BCUT2D eigenvalue weighted by Gasteiger charge is -2.26. The number of nitrogens with two attached hydrogens (primary N) is 1. The minimum Gasteiger partial charge on any atom is -0.337 e. The average molecular weight is 330 g/mol. The van der Waals surface area contributed by atoms with Crippen molar-refractivity contribution in [3.63, 3.8) is 0 Å². The van der Waals surface area contributed by atoms with Gasteiger partial charge in [-0.15, -0.1) is 11.3 Å². The summed E-state index contributed by atoms with van der Waals surface area (Å²) in [5, 5.41) is 5.16. The standard InChI is InChI=1S/C14H22N2O3S2/c1-4-14(5-2)6-7-16(9-14)13(17)11-8-12(10(3)20-11)21(15,18)19/h8H,4-7,9H2,1-3H3,(H2,15,18,19). The Morgan fingerprint density at radius 1 is 1.43 bits per heavy atom. The van der Waals surface area contributed by atoms with Crippen LogP contribution in [0.1, 0.15) is 47.7 Å². The molecule has 7 heteroatoms. The Hall–Kier alpha value is -0.920. The van der Waals surface area contributed by atoms with Crippen molar-refractivity contribution in [3.8, 4) is 0 Å². The summed E-state index contributed by atoms with van der Waals surface area (Å²) in [7, 11) is -3.76. The molecule has 0 bridgehead atoms. The predicted molar refractivity (Wildman–Crippen MR) is 84.0 cm³/mol. The number of primary sulfonamides is 1.